The molecule has 3 heteroatoms. The van der Waals surface area contributed by atoms with Gasteiger partial charge in [-0.15, -0.1) is 0 Å². The summed E-state index contributed by atoms with van der Waals surface area (Å²) in [7, 11) is -0.798. The Labute approximate surface area is 97.8 Å². The number of rotatable bonds is 1. The standard InChI is InChI=1S/C6H7OS.C5H5.Fe/c1-8(7)6-4-2-3-5-6;1-2-4-5-3-1;/h2-5H,1H3;1-5H;/q2*-1;+2/t8-;;/m1../s1. The Morgan fingerprint density at radius 2 is 1.57 bits per heavy atom. The molecule has 0 saturated carbocycles. The molecule has 0 spiro atoms. The fourth-order valence-electron chi connectivity index (χ4n) is 0.869. The molecule has 76 valence electrons. The summed E-state index contributed by atoms with van der Waals surface area (Å²) in [4.78, 5) is 0.907. The maximum absolute atomic E-state index is 10.6. The molecule has 1 nitrogen and oxygen atoms in total. The van der Waals surface area contributed by atoms with Crippen LogP contribution in [0.2, 0.25) is 0 Å². The normalized spacial score (nSPS) is 10.6. The molecule has 0 unspecified atom stereocenters. The van der Waals surface area contributed by atoms with Gasteiger partial charge in [-0.1, -0.05) is 4.90 Å². The van der Waals surface area contributed by atoms with Gasteiger partial charge in [0.2, 0.25) is 0 Å². The van der Waals surface area contributed by atoms with Gasteiger partial charge in [0.25, 0.3) is 0 Å². The molecule has 0 aromatic heterocycles. The van der Waals surface area contributed by atoms with E-state index in [-0.39, 0.29) is 17.1 Å². The zero-order valence-electron chi connectivity index (χ0n) is 7.87. The summed E-state index contributed by atoms with van der Waals surface area (Å²) >= 11 is 0. The Bertz CT molecular complexity index is 307. The fourth-order valence-corrected chi connectivity index (χ4v) is 1.41. The summed E-state index contributed by atoms with van der Waals surface area (Å²) in [5.41, 5.74) is 0. The molecule has 0 fully saturated rings. The maximum Gasteiger partial charge on any atom is 2.00 e. The Balaban J connectivity index is 0.000000246. The topological polar surface area (TPSA) is 17.1 Å². The quantitative estimate of drug-likeness (QED) is 0.560. The van der Waals surface area contributed by atoms with Gasteiger partial charge in [-0.25, -0.2) is 24.3 Å². The molecule has 0 radical (unpaired) electrons. The van der Waals surface area contributed by atoms with Crippen molar-refractivity contribution in [1.82, 2.24) is 0 Å². The molecule has 0 heterocycles. The Kier molecular flexibility index (Phi) is 7.39. The van der Waals surface area contributed by atoms with Gasteiger partial charge < -0.3 is 0 Å². The van der Waals surface area contributed by atoms with Crippen molar-refractivity contribution < 1.29 is 21.3 Å². The van der Waals surface area contributed by atoms with Gasteiger partial charge in [0.1, 0.15) is 0 Å². The van der Waals surface area contributed by atoms with E-state index in [0.717, 1.165) is 4.90 Å². The second-order valence-electron chi connectivity index (χ2n) is 2.54. The first-order chi connectivity index (χ1) is 6.30. The van der Waals surface area contributed by atoms with E-state index in [9.17, 15) is 4.21 Å². The summed E-state index contributed by atoms with van der Waals surface area (Å²) in [6.07, 6.45) is 1.68. The van der Waals surface area contributed by atoms with Crippen molar-refractivity contribution in [2.24, 2.45) is 0 Å². The van der Waals surface area contributed by atoms with Gasteiger partial charge in [-0.3, -0.25) is 4.21 Å². The van der Waals surface area contributed by atoms with Crippen LogP contribution in [0.5, 0.6) is 0 Å². The smallest absolute Gasteiger partial charge is 0.268 e. The Morgan fingerprint density at radius 3 is 1.79 bits per heavy atom. The second kappa shape index (κ2) is 7.74. The molecular weight excluding hydrogens is 236 g/mol. The van der Waals surface area contributed by atoms with Crippen LogP contribution >= 0.6 is 0 Å². The predicted octanol–water partition coefficient (Wildman–Crippen LogP) is 2.55. The van der Waals surface area contributed by atoms with E-state index in [0.29, 0.717) is 0 Å². The maximum atomic E-state index is 10.6. The first kappa shape index (κ1) is 13.4. The van der Waals surface area contributed by atoms with Gasteiger partial charge in [0, 0.05) is 6.26 Å². The van der Waals surface area contributed by atoms with Crippen molar-refractivity contribution in [3.63, 3.8) is 0 Å². The third kappa shape index (κ3) is 5.18. The van der Waals surface area contributed by atoms with Gasteiger partial charge in [-0.2, -0.15) is 30.3 Å². The molecular formula is C11H12FeOS. The summed E-state index contributed by atoms with van der Waals surface area (Å²) in [5.74, 6) is 0. The number of hydrogen-bond acceptors (Lipinski definition) is 1. The average molecular weight is 248 g/mol. The van der Waals surface area contributed by atoms with E-state index in [1.165, 1.54) is 0 Å². The summed E-state index contributed by atoms with van der Waals surface area (Å²) < 4.78 is 10.6. The Hall–Kier alpha value is -0.631. The van der Waals surface area contributed by atoms with Crippen LogP contribution in [-0.2, 0) is 27.9 Å². The van der Waals surface area contributed by atoms with E-state index < -0.39 is 10.8 Å². The minimum Gasteiger partial charge on any atom is -0.268 e. The van der Waals surface area contributed by atoms with E-state index >= 15 is 0 Å². The summed E-state index contributed by atoms with van der Waals surface area (Å²) in [6.45, 7) is 0. The van der Waals surface area contributed by atoms with Gasteiger partial charge in [0.15, 0.2) is 0 Å². The van der Waals surface area contributed by atoms with E-state index in [1.807, 2.05) is 54.6 Å². The monoisotopic (exact) mass is 248 g/mol. The molecule has 14 heavy (non-hydrogen) atoms. The zero-order chi connectivity index (χ0) is 9.52. The van der Waals surface area contributed by atoms with Crippen molar-refractivity contribution in [3.8, 4) is 0 Å². The first-order valence-electron chi connectivity index (χ1n) is 4.02. The van der Waals surface area contributed by atoms with E-state index in [2.05, 4.69) is 0 Å². The molecule has 0 aliphatic heterocycles. The molecule has 2 aromatic rings. The average Bonchev–Trinajstić information content (AvgIpc) is 2.82. The van der Waals surface area contributed by atoms with E-state index in [1.54, 1.807) is 6.26 Å². The molecule has 0 aliphatic rings. The summed E-state index contributed by atoms with van der Waals surface area (Å²) in [5, 5.41) is 0. The molecule has 0 amide bonds. The van der Waals surface area contributed by atoms with Crippen LogP contribution in [0.1, 0.15) is 0 Å². The molecule has 0 N–H and O–H groups in total. The van der Waals surface area contributed by atoms with Crippen LogP contribution in [0.15, 0.2) is 59.5 Å². The van der Waals surface area contributed by atoms with E-state index in [4.69, 9.17) is 0 Å². The van der Waals surface area contributed by atoms with Crippen molar-refractivity contribution in [3.05, 3.63) is 54.6 Å². The largest absolute Gasteiger partial charge is 2.00 e. The fraction of sp³-hybridized carbons (Fsp3) is 0.0909. The van der Waals surface area contributed by atoms with Crippen molar-refractivity contribution in [2.75, 3.05) is 6.26 Å². The van der Waals surface area contributed by atoms with Crippen molar-refractivity contribution in [1.29, 1.82) is 0 Å². The number of hydrogen-bond donors (Lipinski definition) is 0. The third-order valence-electron chi connectivity index (χ3n) is 1.52. The van der Waals surface area contributed by atoms with Gasteiger partial charge >= 0.3 is 17.1 Å². The molecule has 1 atom stereocenters. The second-order valence-corrected chi connectivity index (χ2v) is 3.92. The predicted molar refractivity (Wildman–Crippen MR) is 56.4 cm³/mol. The van der Waals surface area contributed by atoms with Crippen LogP contribution in [-0.4, -0.2) is 10.5 Å². The molecule has 2 rings (SSSR count). The zero-order valence-corrected chi connectivity index (χ0v) is 9.79. The van der Waals surface area contributed by atoms with Crippen LogP contribution in [0.4, 0.5) is 0 Å². The first-order valence-corrected chi connectivity index (χ1v) is 5.58. The SMILES string of the molecule is C[S@@](=O)[c-]1cccc1.[Fe+2].c1cc[cH-]c1. The Morgan fingerprint density at radius 1 is 1.07 bits per heavy atom. The molecule has 0 bridgehead atoms. The van der Waals surface area contributed by atoms with Crippen LogP contribution in [0.3, 0.4) is 0 Å². The molecule has 0 aliphatic carbocycles. The minimum atomic E-state index is -0.798. The summed E-state index contributed by atoms with van der Waals surface area (Å²) in [6, 6.07) is 17.5. The van der Waals surface area contributed by atoms with Crippen LogP contribution in [0.25, 0.3) is 0 Å². The molecule has 0 saturated heterocycles. The third-order valence-corrected chi connectivity index (χ3v) is 2.46. The minimum absolute atomic E-state index is 0. The van der Waals surface area contributed by atoms with Crippen molar-refractivity contribution >= 4 is 10.8 Å². The van der Waals surface area contributed by atoms with Crippen molar-refractivity contribution in [2.45, 2.75) is 4.90 Å². The van der Waals surface area contributed by atoms with Gasteiger partial charge in [0.05, 0.1) is 0 Å². The van der Waals surface area contributed by atoms with Crippen LogP contribution in [0, 0.1) is 0 Å². The molecule has 2 aromatic carbocycles. The van der Waals surface area contributed by atoms with Gasteiger partial charge in [-0.05, 0) is 10.8 Å². The van der Waals surface area contributed by atoms with Crippen LogP contribution < -0.4 is 0 Å².